The van der Waals surface area contributed by atoms with Crippen molar-refractivity contribution >= 4 is 11.6 Å². The molecule has 0 saturated heterocycles. The summed E-state index contributed by atoms with van der Waals surface area (Å²) in [5, 5.41) is 0. The Morgan fingerprint density at radius 3 is 2.82 bits per heavy atom. The van der Waals surface area contributed by atoms with Gasteiger partial charge in [-0.05, 0) is 23.8 Å². The summed E-state index contributed by atoms with van der Waals surface area (Å²) in [5.74, 6) is 0.398. The predicted octanol–water partition coefficient (Wildman–Crippen LogP) is 3.54. The van der Waals surface area contributed by atoms with Gasteiger partial charge in [-0.15, -0.1) is 11.6 Å². The van der Waals surface area contributed by atoms with E-state index in [4.69, 9.17) is 16.3 Å². The minimum Gasteiger partial charge on any atom is -0.489 e. The lowest BCUT2D eigenvalue weighted by molar-refractivity contribution is 0.304. The molecule has 0 fully saturated rings. The third kappa shape index (κ3) is 3.43. The molecule has 0 unspecified atom stereocenters. The van der Waals surface area contributed by atoms with Crippen molar-refractivity contribution in [3.05, 3.63) is 59.7 Å². The summed E-state index contributed by atoms with van der Waals surface area (Å²) in [6.45, 7) is 0.360. The van der Waals surface area contributed by atoms with E-state index in [0.29, 0.717) is 17.9 Å². The second-order valence-electron chi connectivity index (χ2n) is 3.58. The van der Waals surface area contributed by atoms with Crippen LogP contribution in [0.25, 0.3) is 0 Å². The number of ether oxygens (including phenoxy) is 1. The first kappa shape index (κ1) is 11.9. The van der Waals surface area contributed by atoms with E-state index in [9.17, 15) is 4.39 Å². The highest BCUT2D eigenvalue weighted by atomic mass is 35.5. The second kappa shape index (κ2) is 5.64. The zero-order chi connectivity index (χ0) is 12.1. The molecule has 0 saturated carbocycles. The fourth-order valence-corrected chi connectivity index (χ4v) is 1.59. The SMILES string of the molecule is Fc1cc(CCl)cc(OCc2cccnc2)c1. The van der Waals surface area contributed by atoms with Gasteiger partial charge in [0.15, 0.2) is 0 Å². The first-order chi connectivity index (χ1) is 8.28. The number of pyridine rings is 1. The highest BCUT2D eigenvalue weighted by Crippen LogP contribution is 2.18. The topological polar surface area (TPSA) is 22.1 Å². The van der Waals surface area contributed by atoms with Crippen molar-refractivity contribution in [2.45, 2.75) is 12.5 Å². The van der Waals surface area contributed by atoms with Crippen LogP contribution in [0.5, 0.6) is 5.75 Å². The number of nitrogens with zero attached hydrogens (tertiary/aromatic N) is 1. The Kier molecular flexibility index (Phi) is 3.94. The van der Waals surface area contributed by atoms with Crippen LogP contribution in [0.2, 0.25) is 0 Å². The second-order valence-corrected chi connectivity index (χ2v) is 3.85. The number of alkyl halides is 1. The molecule has 88 valence electrons. The van der Waals surface area contributed by atoms with E-state index in [1.165, 1.54) is 12.1 Å². The van der Waals surface area contributed by atoms with Crippen LogP contribution in [-0.4, -0.2) is 4.98 Å². The Balaban J connectivity index is 2.06. The Hall–Kier alpha value is -1.61. The minimum atomic E-state index is -0.343. The van der Waals surface area contributed by atoms with Gasteiger partial charge in [0.05, 0.1) is 0 Å². The number of benzene rings is 1. The Morgan fingerprint density at radius 2 is 2.12 bits per heavy atom. The summed E-state index contributed by atoms with van der Waals surface area (Å²) < 4.78 is 18.7. The molecule has 0 aliphatic heterocycles. The zero-order valence-electron chi connectivity index (χ0n) is 9.07. The normalized spacial score (nSPS) is 10.2. The van der Waals surface area contributed by atoms with Gasteiger partial charge in [-0.3, -0.25) is 4.98 Å². The summed E-state index contributed by atoms with van der Waals surface area (Å²) in [7, 11) is 0. The fraction of sp³-hybridized carbons (Fsp3) is 0.154. The largest absolute Gasteiger partial charge is 0.489 e. The van der Waals surface area contributed by atoms with Crippen LogP contribution in [0.15, 0.2) is 42.7 Å². The number of aromatic nitrogens is 1. The van der Waals surface area contributed by atoms with Gasteiger partial charge in [0, 0.05) is 29.9 Å². The van der Waals surface area contributed by atoms with Crippen LogP contribution in [0.1, 0.15) is 11.1 Å². The maximum atomic E-state index is 13.2. The van der Waals surface area contributed by atoms with Crippen molar-refractivity contribution in [1.29, 1.82) is 0 Å². The molecule has 0 bridgehead atoms. The molecule has 1 aromatic carbocycles. The molecule has 2 nitrogen and oxygen atoms in total. The van der Waals surface area contributed by atoms with Crippen molar-refractivity contribution in [2.75, 3.05) is 0 Å². The first-order valence-corrected chi connectivity index (χ1v) is 5.68. The highest BCUT2D eigenvalue weighted by molar-refractivity contribution is 6.17. The molecule has 1 heterocycles. The molecule has 2 aromatic rings. The lowest BCUT2D eigenvalue weighted by atomic mass is 10.2. The van der Waals surface area contributed by atoms with E-state index in [-0.39, 0.29) is 11.7 Å². The number of hydrogen-bond donors (Lipinski definition) is 0. The number of hydrogen-bond acceptors (Lipinski definition) is 2. The molecule has 2 rings (SSSR count). The summed E-state index contributed by atoms with van der Waals surface area (Å²) in [5.41, 5.74) is 1.64. The first-order valence-electron chi connectivity index (χ1n) is 5.15. The summed E-state index contributed by atoms with van der Waals surface area (Å²) >= 11 is 5.66. The third-order valence-corrected chi connectivity index (χ3v) is 2.52. The van der Waals surface area contributed by atoms with Gasteiger partial charge in [-0.25, -0.2) is 4.39 Å². The van der Waals surface area contributed by atoms with E-state index in [1.54, 1.807) is 18.5 Å². The standard InChI is InChI=1S/C13H11ClFNO/c14-7-11-4-12(15)6-13(5-11)17-9-10-2-1-3-16-8-10/h1-6,8H,7,9H2. The predicted molar refractivity (Wildman–Crippen MR) is 64.5 cm³/mol. The fourth-order valence-electron chi connectivity index (χ4n) is 1.43. The number of rotatable bonds is 4. The van der Waals surface area contributed by atoms with Crippen LogP contribution >= 0.6 is 11.6 Å². The molecule has 17 heavy (non-hydrogen) atoms. The van der Waals surface area contributed by atoms with Crippen molar-refractivity contribution in [2.24, 2.45) is 0 Å². The lowest BCUT2D eigenvalue weighted by Crippen LogP contribution is -1.97. The maximum absolute atomic E-state index is 13.2. The van der Waals surface area contributed by atoms with Crippen molar-refractivity contribution in [3.63, 3.8) is 0 Å². The average molecular weight is 252 g/mol. The van der Waals surface area contributed by atoms with E-state index < -0.39 is 0 Å². The molecule has 0 radical (unpaired) electrons. The molecule has 1 aromatic heterocycles. The van der Waals surface area contributed by atoms with Gasteiger partial charge >= 0.3 is 0 Å². The quantitative estimate of drug-likeness (QED) is 0.776. The molecular formula is C13H11ClFNO. The molecule has 0 atom stereocenters. The van der Waals surface area contributed by atoms with Crippen molar-refractivity contribution in [1.82, 2.24) is 4.98 Å². The average Bonchev–Trinajstić information content (AvgIpc) is 2.37. The smallest absolute Gasteiger partial charge is 0.127 e. The van der Waals surface area contributed by atoms with Crippen LogP contribution in [0.3, 0.4) is 0 Å². The Labute approximate surface area is 104 Å². The Morgan fingerprint density at radius 1 is 1.24 bits per heavy atom. The van der Waals surface area contributed by atoms with E-state index in [0.717, 1.165) is 5.56 Å². The summed E-state index contributed by atoms with van der Waals surface area (Å²) in [6, 6.07) is 8.19. The van der Waals surface area contributed by atoms with Crippen LogP contribution in [-0.2, 0) is 12.5 Å². The van der Waals surface area contributed by atoms with Gasteiger partial charge in [-0.1, -0.05) is 6.07 Å². The van der Waals surface area contributed by atoms with Crippen LogP contribution in [0.4, 0.5) is 4.39 Å². The van der Waals surface area contributed by atoms with Gasteiger partial charge in [0.2, 0.25) is 0 Å². The molecular weight excluding hydrogens is 241 g/mol. The van der Waals surface area contributed by atoms with E-state index in [2.05, 4.69) is 4.98 Å². The number of halogens is 2. The molecule has 0 N–H and O–H groups in total. The monoisotopic (exact) mass is 251 g/mol. The van der Waals surface area contributed by atoms with Crippen molar-refractivity contribution < 1.29 is 9.13 Å². The van der Waals surface area contributed by atoms with E-state index >= 15 is 0 Å². The highest BCUT2D eigenvalue weighted by Gasteiger charge is 2.01. The third-order valence-electron chi connectivity index (χ3n) is 2.21. The van der Waals surface area contributed by atoms with Crippen LogP contribution in [0, 0.1) is 5.82 Å². The molecule has 0 aliphatic carbocycles. The van der Waals surface area contributed by atoms with Gasteiger partial charge in [-0.2, -0.15) is 0 Å². The van der Waals surface area contributed by atoms with Crippen molar-refractivity contribution in [3.8, 4) is 5.75 Å². The molecule has 0 amide bonds. The molecule has 4 heteroatoms. The minimum absolute atomic E-state index is 0.265. The molecule has 0 aliphatic rings. The molecule has 0 spiro atoms. The van der Waals surface area contributed by atoms with E-state index in [1.807, 2.05) is 12.1 Å². The van der Waals surface area contributed by atoms with Gasteiger partial charge in [0.25, 0.3) is 0 Å². The lowest BCUT2D eigenvalue weighted by Gasteiger charge is -2.07. The van der Waals surface area contributed by atoms with Gasteiger partial charge < -0.3 is 4.74 Å². The van der Waals surface area contributed by atoms with Gasteiger partial charge in [0.1, 0.15) is 18.2 Å². The summed E-state index contributed by atoms with van der Waals surface area (Å²) in [6.07, 6.45) is 3.40. The summed E-state index contributed by atoms with van der Waals surface area (Å²) in [4.78, 5) is 3.97. The Bertz CT molecular complexity index is 490. The van der Waals surface area contributed by atoms with Crippen LogP contribution < -0.4 is 4.74 Å². The maximum Gasteiger partial charge on any atom is 0.127 e. The zero-order valence-corrected chi connectivity index (χ0v) is 9.82.